The Labute approximate surface area is 176 Å². The molecule has 5 heteroatoms. The molecule has 1 aliphatic heterocycles. The molecule has 1 unspecified atom stereocenters. The number of para-hydroxylation sites is 1. The molecule has 1 atom stereocenters. The molecule has 0 spiro atoms. The van der Waals surface area contributed by atoms with Crippen LogP contribution in [-0.2, 0) is 9.59 Å². The maximum absolute atomic E-state index is 13.1. The summed E-state index contributed by atoms with van der Waals surface area (Å²) in [5, 5.41) is 12.2. The van der Waals surface area contributed by atoms with E-state index in [9.17, 15) is 14.7 Å². The lowest BCUT2D eigenvalue weighted by Gasteiger charge is -2.25. The number of carbonyl (C=O) groups is 2. The van der Waals surface area contributed by atoms with Gasteiger partial charge in [-0.05, 0) is 50.5 Å². The SMILES string of the molecule is CCCN1C(=O)C(=O)/C(=C(/O)c2ccc(C)c(C)c2)C1c1c(C)[nH]c2ccccc12. The van der Waals surface area contributed by atoms with Crippen molar-refractivity contribution in [2.45, 2.75) is 40.2 Å². The van der Waals surface area contributed by atoms with E-state index in [0.717, 1.165) is 33.3 Å². The molecule has 0 saturated carbocycles. The number of fused-ring (bicyclic) bond motifs is 1. The third kappa shape index (κ3) is 3.02. The molecule has 2 aromatic carbocycles. The van der Waals surface area contributed by atoms with Crippen LogP contribution in [0.25, 0.3) is 16.7 Å². The van der Waals surface area contributed by atoms with Crippen LogP contribution in [0, 0.1) is 20.8 Å². The van der Waals surface area contributed by atoms with Crippen molar-refractivity contribution in [3.63, 3.8) is 0 Å². The van der Waals surface area contributed by atoms with Crippen LogP contribution >= 0.6 is 0 Å². The molecular formula is C25H26N2O3. The van der Waals surface area contributed by atoms with Crippen molar-refractivity contribution >= 4 is 28.4 Å². The third-order valence-electron chi connectivity index (χ3n) is 6.00. The number of aromatic amines is 1. The van der Waals surface area contributed by atoms with Crippen LogP contribution < -0.4 is 0 Å². The number of carbonyl (C=O) groups excluding carboxylic acids is 2. The average Bonchev–Trinajstić information content (AvgIpc) is 3.17. The lowest BCUT2D eigenvalue weighted by atomic mass is 9.92. The van der Waals surface area contributed by atoms with Gasteiger partial charge < -0.3 is 15.0 Å². The van der Waals surface area contributed by atoms with Gasteiger partial charge in [0.1, 0.15) is 5.76 Å². The molecule has 154 valence electrons. The fourth-order valence-corrected chi connectivity index (χ4v) is 4.35. The number of rotatable bonds is 4. The number of benzene rings is 2. The van der Waals surface area contributed by atoms with Crippen molar-refractivity contribution in [3.05, 3.63) is 76.0 Å². The minimum absolute atomic E-state index is 0.121. The first-order chi connectivity index (χ1) is 14.3. The van der Waals surface area contributed by atoms with Crippen molar-refractivity contribution in [2.24, 2.45) is 0 Å². The molecule has 5 nitrogen and oxygen atoms in total. The maximum Gasteiger partial charge on any atom is 0.295 e. The van der Waals surface area contributed by atoms with E-state index >= 15 is 0 Å². The Hall–Kier alpha value is -3.34. The molecule has 1 aliphatic rings. The van der Waals surface area contributed by atoms with Crippen molar-refractivity contribution in [1.29, 1.82) is 0 Å². The smallest absolute Gasteiger partial charge is 0.295 e. The number of aliphatic hydroxyl groups excluding tert-OH is 1. The average molecular weight is 402 g/mol. The molecule has 1 saturated heterocycles. The van der Waals surface area contributed by atoms with Crippen molar-refractivity contribution in [1.82, 2.24) is 9.88 Å². The Morgan fingerprint density at radius 1 is 1.07 bits per heavy atom. The van der Waals surface area contributed by atoms with Crippen LogP contribution in [0.2, 0.25) is 0 Å². The summed E-state index contributed by atoms with van der Waals surface area (Å²) >= 11 is 0. The Balaban J connectivity index is 1.99. The van der Waals surface area contributed by atoms with E-state index in [-0.39, 0.29) is 11.3 Å². The van der Waals surface area contributed by atoms with E-state index < -0.39 is 17.7 Å². The largest absolute Gasteiger partial charge is 0.507 e. The highest BCUT2D eigenvalue weighted by atomic mass is 16.3. The first kappa shape index (κ1) is 20.0. The zero-order chi connectivity index (χ0) is 21.6. The molecule has 1 fully saturated rings. The second-order valence-electron chi connectivity index (χ2n) is 8.00. The predicted octanol–water partition coefficient (Wildman–Crippen LogP) is 4.92. The van der Waals surface area contributed by atoms with Crippen LogP contribution in [0.15, 0.2) is 48.0 Å². The number of likely N-dealkylation sites (tertiary alicyclic amines) is 1. The van der Waals surface area contributed by atoms with Gasteiger partial charge in [0.15, 0.2) is 0 Å². The van der Waals surface area contributed by atoms with Crippen LogP contribution in [-0.4, -0.2) is 33.2 Å². The number of H-pyrrole nitrogens is 1. The normalized spacial score (nSPS) is 18.5. The zero-order valence-corrected chi connectivity index (χ0v) is 17.7. The fourth-order valence-electron chi connectivity index (χ4n) is 4.35. The van der Waals surface area contributed by atoms with Crippen molar-refractivity contribution < 1.29 is 14.7 Å². The molecule has 2 N–H and O–H groups in total. The van der Waals surface area contributed by atoms with E-state index in [2.05, 4.69) is 4.98 Å². The topological polar surface area (TPSA) is 73.4 Å². The molecule has 0 aliphatic carbocycles. The van der Waals surface area contributed by atoms with Gasteiger partial charge in [0.05, 0.1) is 11.6 Å². The first-order valence-electron chi connectivity index (χ1n) is 10.3. The van der Waals surface area contributed by atoms with Gasteiger partial charge in [0.25, 0.3) is 11.7 Å². The number of aryl methyl sites for hydroxylation is 3. The predicted molar refractivity (Wildman–Crippen MR) is 118 cm³/mol. The molecule has 0 radical (unpaired) electrons. The van der Waals surface area contributed by atoms with Gasteiger partial charge in [0, 0.05) is 34.3 Å². The Morgan fingerprint density at radius 2 is 1.80 bits per heavy atom. The van der Waals surface area contributed by atoms with Crippen molar-refractivity contribution in [3.8, 4) is 0 Å². The Morgan fingerprint density at radius 3 is 2.50 bits per heavy atom. The molecule has 1 aromatic heterocycles. The van der Waals surface area contributed by atoms with Crippen LogP contribution in [0.1, 0.15) is 47.3 Å². The lowest BCUT2D eigenvalue weighted by Crippen LogP contribution is -2.30. The number of hydrogen-bond acceptors (Lipinski definition) is 3. The van der Waals surface area contributed by atoms with Gasteiger partial charge in [0.2, 0.25) is 0 Å². The van der Waals surface area contributed by atoms with Crippen molar-refractivity contribution in [2.75, 3.05) is 6.54 Å². The summed E-state index contributed by atoms with van der Waals surface area (Å²) in [6, 6.07) is 12.8. The number of nitrogens with zero attached hydrogens (tertiary/aromatic N) is 1. The summed E-state index contributed by atoms with van der Waals surface area (Å²) in [5.41, 5.74) is 5.51. The van der Waals surface area contributed by atoms with Gasteiger partial charge in [-0.1, -0.05) is 37.3 Å². The molecule has 0 bridgehead atoms. The highest BCUT2D eigenvalue weighted by Crippen LogP contribution is 2.43. The minimum atomic E-state index is -0.631. The van der Waals surface area contributed by atoms with Crippen LogP contribution in [0.3, 0.4) is 0 Å². The quantitative estimate of drug-likeness (QED) is 0.369. The highest BCUT2D eigenvalue weighted by Gasteiger charge is 2.47. The molecule has 30 heavy (non-hydrogen) atoms. The monoisotopic (exact) mass is 402 g/mol. The van der Waals surface area contributed by atoms with Crippen LogP contribution in [0.4, 0.5) is 0 Å². The molecule has 4 rings (SSSR count). The number of amides is 1. The number of hydrogen-bond donors (Lipinski definition) is 2. The standard InChI is InChI=1S/C25H26N2O3/c1-5-12-27-22(20-16(4)26-19-9-7-6-8-18(19)20)21(24(29)25(27)30)23(28)17-11-10-14(2)15(3)13-17/h6-11,13,22,26,28H,5,12H2,1-4H3/b23-21+. The molecule has 3 aromatic rings. The summed E-state index contributed by atoms with van der Waals surface area (Å²) in [6.45, 7) is 8.31. The second-order valence-corrected chi connectivity index (χ2v) is 8.00. The van der Waals surface area contributed by atoms with Gasteiger partial charge in [-0.3, -0.25) is 9.59 Å². The third-order valence-corrected chi connectivity index (χ3v) is 6.00. The van der Waals surface area contributed by atoms with Gasteiger partial charge in [-0.15, -0.1) is 0 Å². The summed E-state index contributed by atoms with van der Waals surface area (Å²) < 4.78 is 0. The Bertz CT molecular complexity index is 1200. The van der Waals surface area contributed by atoms with E-state index in [1.807, 2.05) is 64.1 Å². The Kier molecular flexibility index (Phi) is 4.98. The van der Waals surface area contributed by atoms with Crippen LogP contribution in [0.5, 0.6) is 0 Å². The second kappa shape index (κ2) is 7.48. The van der Waals surface area contributed by atoms with Gasteiger partial charge in [-0.2, -0.15) is 0 Å². The summed E-state index contributed by atoms with van der Waals surface area (Å²) in [7, 11) is 0. The van der Waals surface area contributed by atoms with E-state index in [4.69, 9.17) is 0 Å². The van der Waals surface area contributed by atoms with E-state index in [1.165, 1.54) is 0 Å². The van der Waals surface area contributed by atoms with Gasteiger partial charge in [-0.25, -0.2) is 0 Å². The molecule has 2 heterocycles. The zero-order valence-electron chi connectivity index (χ0n) is 17.7. The summed E-state index contributed by atoms with van der Waals surface area (Å²) in [6.07, 6.45) is 0.717. The molecule has 1 amide bonds. The fraction of sp³-hybridized carbons (Fsp3) is 0.280. The number of ketones is 1. The maximum atomic E-state index is 13.1. The first-order valence-corrected chi connectivity index (χ1v) is 10.3. The number of aromatic nitrogens is 1. The van der Waals surface area contributed by atoms with Gasteiger partial charge >= 0.3 is 0 Å². The summed E-state index contributed by atoms with van der Waals surface area (Å²) in [4.78, 5) is 31.0. The lowest BCUT2D eigenvalue weighted by molar-refractivity contribution is -0.139. The minimum Gasteiger partial charge on any atom is -0.507 e. The van der Waals surface area contributed by atoms with E-state index in [1.54, 1.807) is 11.0 Å². The number of Topliss-reactive ketones (excluding diaryl/α,β-unsaturated/α-hetero) is 1. The number of aliphatic hydroxyl groups is 1. The molecular weight excluding hydrogens is 376 g/mol. The summed E-state index contributed by atoms with van der Waals surface area (Å²) in [5.74, 6) is -1.31. The van der Waals surface area contributed by atoms with E-state index in [0.29, 0.717) is 18.5 Å². The number of nitrogens with one attached hydrogen (secondary N) is 1. The highest BCUT2D eigenvalue weighted by molar-refractivity contribution is 6.46.